The molecule has 0 aliphatic heterocycles. The van der Waals surface area contributed by atoms with Crippen molar-refractivity contribution < 1.29 is 27.9 Å². The van der Waals surface area contributed by atoms with E-state index in [2.05, 4.69) is 4.74 Å². The summed E-state index contributed by atoms with van der Waals surface area (Å²) in [5.41, 5.74) is -0.222. The lowest BCUT2D eigenvalue weighted by atomic mass is 10.2. The molecule has 8 heteroatoms. The van der Waals surface area contributed by atoms with E-state index in [1.54, 1.807) is 0 Å². The maximum Gasteiger partial charge on any atom is 0.409 e. The quantitative estimate of drug-likeness (QED) is 0.830. The third kappa shape index (κ3) is 3.32. The number of carbonyl (C=O) groups is 2. The first-order valence-electron chi connectivity index (χ1n) is 6.39. The van der Waals surface area contributed by atoms with Crippen LogP contribution >= 0.6 is 0 Å². The maximum atomic E-state index is 12.8. The van der Waals surface area contributed by atoms with Crippen molar-refractivity contribution in [2.75, 3.05) is 12.4 Å². The third-order valence-electron chi connectivity index (χ3n) is 3.00. The molecule has 2 rings (SSSR count). The van der Waals surface area contributed by atoms with Crippen molar-refractivity contribution in [2.45, 2.75) is 9.79 Å². The number of ether oxygens (including phenoxy) is 1. The van der Waals surface area contributed by atoms with E-state index in [-0.39, 0.29) is 21.0 Å². The molecule has 0 aromatic heterocycles. The molecule has 0 heterocycles. The molecule has 0 saturated heterocycles. The van der Waals surface area contributed by atoms with Gasteiger partial charge in [0, 0.05) is 0 Å². The Hall–Kier alpha value is -2.87. The fourth-order valence-electron chi connectivity index (χ4n) is 2.02. The summed E-state index contributed by atoms with van der Waals surface area (Å²) in [5, 5.41) is 10.9. The number of carboxylic acid groups (broad SMARTS) is 1. The van der Waals surface area contributed by atoms with Gasteiger partial charge < -0.3 is 9.84 Å². The Bertz CT molecular complexity index is 860. The lowest BCUT2D eigenvalue weighted by molar-refractivity contribution is 0.0596. The Morgan fingerprint density at radius 3 is 2.17 bits per heavy atom. The van der Waals surface area contributed by atoms with E-state index in [0.717, 1.165) is 7.11 Å². The number of para-hydroxylation sites is 1. The molecule has 2 aromatic carbocycles. The largest absolute Gasteiger partial charge is 0.465 e. The van der Waals surface area contributed by atoms with Gasteiger partial charge in [-0.15, -0.1) is 0 Å². The maximum absolute atomic E-state index is 12.8. The van der Waals surface area contributed by atoms with E-state index in [9.17, 15) is 18.0 Å². The number of carbonyl (C=O) groups excluding carboxylic acids is 1. The zero-order chi connectivity index (χ0) is 17.0. The second-order valence-corrected chi connectivity index (χ2v) is 6.30. The summed E-state index contributed by atoms with van der Waals surface area (Å²) >= 11 is 0. The number of methoxy groups -OCH3 is 1. The molecule has 120 valence electrons. The van der Waals surface area contributed by atoms with Crippen LogP contribution in [0.3, 0.4) is 0 Å². The van der Waals surface area contributed by atoms with Crippen molar-refractivity contribution in [3.05, 3.63) is 54.1 Å². The average molecular weight is 335 g/mol. The Morgan fingerprint density at radius 2 is 1.57 bits per heavy atom. The van der Waals surface area contributed by atoms with Gasteiger partial charge in [0.05, 0.1) is 28.2 Å². The first-order valence-corrected chi connectivity index (χ1v) is 7.87. The van der Waals surface area contributed by atoms with Gasteiger partial charge in [0.1, 0.15) is 0 Å². The number of anilines is 1. The molecule has 0 saturated carbocycles. The third-order valence-corrected chi connectivity index (χ3v) is 4.87. The number of hydrogen-bond donors (Lipinski definition) is 2. The van der Waals surface area contributed by atoms with E-state index in [0.29, 0.717) is 0 Å². The highest BCUT2D eigenvalue weighted by Gasteiger charge is 2.27. The molecule has 2 N–H and O–H groups in total. The zero-order valence-electron chi connectivity index (χ0n) is 12.0. The van der Waals surface area contributed by atoms with Crippen LogP contribution < -0.4 is 5.32 Å². The van der Waals surface area contributed by atoms with Crippen molar-refractivity contribution >= 4 is 27.6 Å². The fourth-order valence-corrected chi connectivity index (χ4v) is 3.62. The number of esters is 1. The highest BCUT2D eigenvalue weighted by Crippen LogP contribution is 2.29. The van der Waals surface area contributed by atoms with E-state index >= 15 is 0 Å². The highest BCUT2D eigenvalue weighted by atomic mass is 32.2. The van der Waals surface area contributed by atoms with Crippen LogP contribution in [0.4, 0.5) is 10.5 Å². The summed E-state index contributed by atoms with van der Waals surface area (Å²) in [4.78, 5) is 22.1. The topological polar surface area (TPSA) is 110 Å². The minimum atomic E-state index is -4.13. The molecule has 0 fully saturated rings. The first-order chi connectivity index (χ1) is 10.9. The van der Waals surface area contributed by atoms with Gasteiger partial charge in [-0.2, -0.15) is 0 Å². The van der Waals surface area contributed by atoms with E-state index in [1.165, 1.54) is 48.5 Å². The second kappa shape index (κ2) is 6.49. The van der Waals surface area contributed by atoms with Crippen molar-refractivity contribution in [1.29, 1.82) is 0 Å². The Balaban J connectivity index is 2.66. The molecule has 0 bridgehead atoms. The number of amides is 1. The van der Waals surface area contributed by atoms with Gasteiger partial charge in [-0.3, -0.25) is 5.32 Å². The molecule has 0 aliphatic rings. The molecule has 0 atom stereocenters. The van der Waals surface area contributed by atoms with Crippen molar-refractivity contribution in [1.82, 2.24) is 0 Å². The predicted molar refractivity (Wildman–Crippen MR) is 81.3 cm³/mol. The number of sulfone groups is 1. The van der Waals surface area contributed by atoms with Crippen molar-refractivity contribution in [3.8, 4) is 0 Å². The van der Waals surface area contributed by atoms with E-state index in [4.69, 9.17) is 5.11 Å². The van der Waals surface area contributed by atoms with Crippen LogP contribution in [-0.2, 0) is 14.6 Å². The molecule has 0 spiro atoms. The number of rotatable bonds is 4. The summed E-state index contributed by atoms with van der Waals surface area (Å²) < 4.78 is 30.3. The minimum absolute atomic E-state index is 0.0975. The van der Waals surface area contributed by atoms with Gasteiger partial charge in [-0.25, -0.2) is 18.0 Å². The Labute approximate surface area is 132 Å². The Kier molecular flexibility index (Phi) is 4.65. The van der Waals surface area contributed by atoms with Gasteiger partial charge in [0.2, 0.25) is 9.84 Å². The molecule has 0 aliphatic carbocycles. The molecule has 7 nitrogen and oxygen atoms in total. The summed E-state index contributed by atoms with van der Waals surface area (Å²) in [6.07, 6.45) is -1.39. The van der Waals surface area contributed by atoms with Gasteiger partial charge in [0.15, 0.2) is 0 Å². The van der Waals surface area contributed by atoms with Crippen LogP contribution in [0.25, 0.3) is 0 Å². The summed E-state index contributed by atoms with van der Waals surface area (Å²) in [6, 6.07) is 11.1. The van der Waals surface area contributed by atoms with Crippen LogP contribution in [0.5, 0.6) is 0 Å². The standard InChI is InChI=1S/C15H13NO6S/c1-22-14(17)10-6-2-4-8-12(10)23(20,21)13-9-5-3-7-11(13)16-15(18)19/h2-9,16H,1H3,(H,18,19). The number of hydrogen-bond acceptors (Lipinski definition) is 5. The molecule has 0 unspecified atom stereocenters. The molecule has 2 aromatic rings. The molecule has 23 heavy (non-hydrogen) atoms. The monoisotopic (exact) mass is 335 g/mol. The van der Waals surface area contributed by atoms with Gasteiger partial charge >= 0.3 is 12.1 Å². The average Bonchev–Trinajstić information content (AvgIpc) is 2.54. The molecule has 0 radical (unpaired) electrons. The zero-order valence-corrected chi connectivity index (χ0v) is 12.8. The number of benzene rings is 2. The SMILES string of the molecule is COC(=O)c1ccccc1S(=O)(=O)c1ccccc1NC(=O)O. The minimum Gasteiger partial charge on any atom is -0.465 e. The highest BCUT2D eigenvalue weighted by molar-refractivity contribution is 7.91. The summed E-state index contributed by atoms with van der Waals surface area (Å²) in [7, 11) is -2.98. The Morgan fingerprint density at radius 1 is 1.00 bits per heavy atom. The van der Waals surface area contributed by atoms with Crippen molar-refractivity contribution in [3.63, 3.8) is 0 Å². The van der Waals surface area contributed by atoms with Crippen LogP contribution in [0, 0.1) is 0 Å². The number of nitrogens with one attached hydrogen (secondary N) is 1. The fraction of sp³-hybridized carbons (Fsp3) is 0.0667. The lowest BCUT2D eigenvalue weighted by Gasteiger charge is -2.12. The second-order valence-electron chi connectivity index (χ2n) is 4.42. The lowest BCUT2D eigenvalue weighted by Crippen LogP contribution is -2.15. The summed E-state index contributed by atoms with van der Waals surface area (Å²) in [6.45, 7) is 0. The van der Waals surface area contributed by atoms with E-state index in [1.807, 2.05) is 5.32 Å². The smallest absolute Gasteiger partial charge is 0.409 e. The van der Waals surface area contributed by atoms with Crippen LogP contribution in [0.1, 0.15) is 10.4 Å². The molecular formula is C15H13NO6S. The molecule has 1 amide bonds. The van der Waals surface area contributed by atoms with Gasteiger partial charge in [-0.1, -0.05) is 24.3 Å². The van der Waals surface area contributed by atoms with Crippen LogP contribution in [0.15, 0.2) is 58.3 Å². The van der Waals surface area contributed by atoms with Crippen LogP contribution in [-0.4, -0.2) is 32.7 Å². The predicted octanol–water partition coefficient (Wildman–Crippen LogP) is 2.40. The normalized spacial score (nSPS) is 10.8. The van der Waals surface area contributed by atoms with Gasteiger partial charge in [-0.05, 0) is 24.3 Å². The van der Waals surface area contributed by atoms with E-state index < -0.39 is 21.9 Å². The first kappa shape index (κ1) is 16.5. The van der Waals surface area contributed by atoms with Crippen molar-refractivity contribution in [2.24, 2.45) is 0 Å². The molecular weight excluding hydrogens is 322 g/mol. The van der Waals surface area contributed by atoms with Gasteiger partial charge in [0.25, 0.3) is 0 Å². The van der Waals surface area contributed by atoms with Crippen LogP contribution in [0.2, 0.25) is 0 Å². The summed E-state index contributed by atoms with van der Waals surface area (Å²) in [5.74, 6) is -0.798.